The Kier molecular flexibility index (Phi) is 8.78. The van der Waals surface area contributed by atoms with Crippen molar-refractivity contribution >= 4 is 52.5 Å². The Hall–Kier alpha value is -4.45. The molecule has 12 nitrogen and oxygen atoms in total. The third kappa shape index (κ3) is 6.54. The SMILES string of the molecule is O=C(CC[C@H]1CN(c2ccc(N3CCCCC3=O)cc2)C(=O)O1)CC[C@H]1CN(c2ccc(N3CCOCC3=O)cc2)C(=O)O1. The number of piperidine rings is 1. The lowest BCUT2D eigenvalue weighted by atomic mass is 10.0. The zero-order valence-electron chi connectivity index (χ0n) is 24.5. The van der Waals surface area contributed by atoms with Crippen LogP contribution in [0.15, 0.2) is 48.5 Å². The number of benzene rings is 2. The molecule has 2 aromatic rings. The minimum absolute atomic E-state index is 0.0177. The van der Waals surface area contributed by atoms with Gasteiger partial charge >= 0.3 is 12.2 Å². The van der Waals surface area contributed by atoms with E-state index >= 15 is 0 Å². The number of ketones is 1. The summed E-state index contributed by atoms with van der Waals surface area (Å²) in [7, 11) is 0. The number of rotatable bonds is 10. The van der Waals surface area contributed by atoms with E-state index in [-0.39, 0.29) is 37.0 Å². The number of amides is 4. The molecule has 0 radical (unpaired) electrons. The van der Waals surface area contributed by atoms with Crippen molar-refractivity contribution in [3.05, 3.63) is 48.5 Å². The maximum Gasteiger partial charge on any atom is 0.414 e. The summed E-state index contributed by atoms with van der Waals surface area (Å²) < 4.78 is 16.2. The first-order valence-electron chi connectivity index (χ1n) is 15.2. The van der Waals surface area contributed by atoms with Crippen molar-refractivity contribution in [2.75, 3.05) is 59.0 Å². The summed E-state index contributed by atoms with van der Waals surface area (Å²) >= 11 is 0. The molecule has 4 fully saturated rings. The van der Waals surface area contributed by atoms with Crippen molar-refractivity contribution in [2.24, 2.45) is 0 Å². The largest absolute Gasteiger partial charge is 0.444 e. The van der Waals surface area contributed by atoms with Crippen LogP contribution < -0.4 is 19.6 Å². The van der Waals surface area contributed by atoms with Gasteiger partial charge in [0, 0.05) is 55.1 Å². The number of anilines is 4. The van der Waals surface area contributed by atoms with Gasteiger partial charge in [-0.25, -0.2) is 9.59 Å². The van der Waals surface area contributed by atoms with Crippen LogP contribution in [0.4, 0.5) is 32.3 Å². The highest BCUT2D eigenvalue weighted by atomic mass is 16.6. The van der Waals surface area contributed by atoms with E-state index < -0.39 is 24.4 Å². The molecule has 0 saturated carbocycles. The summed E-state index contributed by atoms with van der Waals surface area (Å²) in [5, 5.41) is 0. The van der Waals surface area contributed by atoms with Crippen molar-refractivity contribution in [3.63, 3.8) is 0 Å². The van der Waals surface area contributed by atoms with Crippen LogP contribution in [-0.4, -0.2) is 81.4 Å². The molecule has 232 valence electrons. The third-order valence-corrected chi connectivity index (χ3v) is 8.49. The Morgan fingerprint density at radius 3 is 1.59 bits per heavy atom. The molecule has 2 atom stereocenters. The van der Waals surface area contributed by atoms with Crippen LogP contribution in [0.25, 0.3) is 0 Å². The Bertz CT molecular complexity index is 1310. The molecule has 44 heavy (non-hydrogen) atoms. The number of nitrogens with zero attached hydrogens (tertiary/aromatic N) is 4. The van der Waals surface area contributed by atoms with E-state index in [0.717, 1.165) is 24.2 Å². The molecule has 6 rings (SSSR count). The predicted molar refractivity (Wildman–Crippen MR) is 161 cm³/mol. The van der Waals surface area contributed by atoms with Crippen molar-refractivity contribution < 1.29 is 38.2 Å². The van der Waals surface area contributed by atoms with E-state index in [1.165, 1.54) is 4.90 Å². The predicted octanol–water partition coefficient (Wildman–Crippen LogP) is 4.05. The molecular formula is C32H36N4O8. The highest BCUT2D eigenvalue weighted by molar-refractivity contribution is 5.96. The molecule has 0 N–H and O–H groups in total. The van der Waals surface area contributed by atoms with E-state index in [1.54, 1.807) is 39.0 Å². The second kappa shape index (κ2) is 13.0. The van der Waals surface area contributed by atoms with Crippen LogP contribution in [0.2, 0.25) is 0 Å². The van der Waals surface area contributed by atoms with Crippen LogP contribution in [0, 0.1) is 0 Å². The highest BCUT2D eigenvalue weighted by Crippen LogP contribution is 2.29. The quantitative estimate of drug-likeness (QED) is 0.398. The Morgan fingerprint density at radius 2 is 1.11 bits per heavy atom. The molecule has 4 aliphatic heterocycles. The normalized spacial score (nSPS) is 22.5. The van der Waals surface area contributed by atoms with Crippen molar-refractivity contribution in [3.8, 4) is 0 Å². The monoisotopic (exact) mass is 604 g/mol. The zero-order chi connectivity index (χ0) is 30.6. The molecule has 0 unspecified atom stereocenters. The van der Waals surface area contributed by atoms with E-state index in [4.69, 9.17) is 14.2 Å². The lowest BCUT2D eigenvalue weighted by Crippen LogP contribution is -2.41. The number of hydrogen-bond donors (Lipinski definition) is 0. The summed E-state index contributed by atoms with van der Waals surface area (Å²) in [6.45, 7) is 2.41. The van der Waals surface area contributed by atoms with E-state index in [2.05, 4.69) is 0 Å². The van der Waals surface area contributed by atoms with Crippen LogP contribution in [0.3, 0.4) is 0 Å². The molecule has 4 aliphatic rings. The fourth-order valence-corrected chi connectivity index (χ4v) is 6.03. The topological polar surface area (TPSA) is 126 Å². The summed E-state index contributed by atoms with van der Waals surface area (Å²) in [5.74, 6) is 0.0335. The summed E-state index contributed by atoms with van der Waals surface area (Å²) in [6.07, 6.45) is 2.06. The van der Waals surface area contributed by atoms with Gasteiger partial charge in [0.1, 0.15) is 24.6 Å². The molecule has 4 heterocycles. The number of morpholine rings is 1. The first kappa shape index (κ1) is 29.6. The Morgan fingerprint density at radius 1 is 0.636 bits per heavy atom. The second-order valence-corrected chi connectivity index (χ2v) is 11.5. The standard InChI is InChI=1S/C32H36N4O8/c37-26(12-14-27-19-35(31(40)43-27)24-8-4-22(5-9-24)33-16-2-1-3-29(33)38)13-15-28-20-36(32(41)44-28)25-10-6-23(7-11-25)34-17-18-42-21-30(34)39/h4-11,27-28H,1-3,12-21H2/t27-,28-/m0/s1. The van der Waals surface area contributed by atoms with Crippen LogP contribution in [0.1, 0.15) is 44.9 Å². The van der Waals surface area contributed by atoms with Gasteiger partial charge in [0.2, 0.25) is 5.91 Å². The van der Waals surface area contributed by atoms with Gasteiger partial charge in [0.25, 0.3) is 5.91 Å². The molecule has 0 aliphatic carbocycles. The summed E-state index contributed by atoms with van der Waals surface area (Å²) in [5.41, 5.74) is 2.92. The van der Waals surface area contributed by atoms with Gasteiger partial charge in [0.05, 0.1) is 19.7 Å². The number of carbonyl (C=O) groups is 5. The first-order valence-corrected chi connectivity index (χ1v) is 15.2. The lowest BCUT2D eigenvalue weighted by Gasteiger charge is -2.27. The van der Waals surface area contributed by atoms with Gasteiger partial charge in [0.15, 0.2) is 0 Å². The van der Waals surface area contributed by atoms with Crippen molar-refractivity contribution in [1.82, 2.24) is 0 Å². The average molecular weight is 605 g/mol. The number of cyclic esters (lactones) is 2. The summed E-state index contributed by atoms with van der Waals surface area (Å²) in [4.78, 5) is 68.6. The van der Waals surface area contributed by atoms with Gasteiger partial charge in [-0.1, -0.05) is 0 Å². The van der Waals surface area contributed by atoms with Crippen LogP contribution in [-0.2, 0) is 28.6 Å². The van der Waals surface area contributed by atoms with Crippen molar-refractivity contribution in [2.45, 2.75) is 57.2 Å². The second-order valence-electron chi connectivity index (χ2n) is 11.5. The zero-order valence-corrected chi connectivity index (χ0v) is 24.5. The van der Waals surface area contributed by atoms with Gasteiger partial charge in [-0.2, -0.15) is 0 Å². The number of Topliss-reactive ketones (excluding diaryl/α,β-unsaturated/α-hetero) is 1. The van der Waals surface area contributed by atoms with E-state index in [1.807, 2.05) is 24.3 Å². The van der Waals surface area contributed by atoms with Gasteiger partial charge in [-0.15, -0.1) is 0 Å². The smallest absolute Gasteiger partial charge is 0.414 e. The number of ether oxygens (including phenoxy) is 3. The Balaban J connectivity index is 0.936. The van der Waals surface area contributed by atoms with Crippen LogP contribution in [0.5, 0.6) is 0 Å². The molecule has 0 spiro atoms. The Labute approximate surface area is 255 Å². The van der Waals surface area contributed by atoms with Gasteiger partial charge in [-0.3, -0.25) is 24.2 Å². The maximum absolute atomic E-state index is 12.7. The van der Waals surface area contributed by atoms with E-state index in [0.29, 0.717) is 63.4 Å². The molecule has 0 bridgehead atoms. The average Bonchev–Trinajstić information content (AvgIpc) is 3.61. The maximum atomic E-state index is 12.7. The lowest BCUT2D eigenvalue weighted by molar-refractivity contribution is -0.125. The van der Waals surface area contributed by atoms with E-state index in [9.17, 15) is 24.0 Å². The molecule has 2 aromatic carbocycles. The minimum Gasteiger partial charge on any atom is -0.444 e. The van der Waals surface area contributed by atoms with Gasteiger partial charge in [-0.05, 0) is 74.2 Å². The minimum atomic E-state index is -0.467. The molecule has 12 heteroatoms. The first-order chi connectivity index (χ1) is 21.4. The van der Waals surface area contributed by atoms with Crippen molar-refractivity contribution in [1.29, 1.82) is 0 Å². The number of hydrogen-bond acceptors (Lipinski definition) is 8. The molecule has 4 saturated heterocycles. The third-order valence-electron chi connectivity index (χ3n) is 8.49. The fourth-order valence-electron chi connectivity index (χ4n) is 6.03. The molecule has 0 aromatic heterocycles. The number of carbonyl (C=O) groups excluding carboxylic acids is 5. The molecular weight excluding hydrogens is 568 g/mol. The fraction of sp³-hybridized carbons (Fsp3) is 0.469. The highest BCUT2D eigenvalue weighted by Gasteiger charge is 2.34. The van der Waals surface area contributed by atoms with Crippen LogP contribution >= 0.6 is 0 Å². The molecule has 4 amide bonds. The van der Waals surface area contributed by atoms with Gasteiger partial charge < -0.3 is 24.0 Å². The summed E-state index contributed by atoms with van der Waals surface area (Å²) in [6, 6.07) is 14.5.